The van der Waals surface area contributed by atoms with Crippen LogP contribution in [0.2, 0.25) is 0 Å². The van der Waals surface area contributed by atoms with E-state index in [0.717, 1.165) is 0 Å². The Hall–Kier alpha value is -3.75. The molecule has 0 saturated carbocycles. The summed E-state index contributed by atoms with van der Waals surface area (Å²) < 4.78 is 20.9. The summed E-state index contributed by atoms with van der Waals surface area (Å²) >= 11 is 0. The number of nitrogens with zero attached hydrogens (tertiary/aromatic N) is 1. The third-order valence-electron chi connectivity index (χ3n) is 4.32. The third kappa shape index (κ3) is 3.93. The van der Waals surface area contributed by atoms with Crippen LogP contribution in [0, 0.1) is 0 Å². The number of carbonyl (C=O) groups excluding carboxylic acids is 3. The van der Waals surface area contributed by atoms with Gasteiger partial charge in [-0.15, -0.1) is 0 Å². The molecule has 2 amide bonds. The molecule has 0 aliphatic carbocycles. The van der Waals surface area contributed by atoms with Crippen molar-refractivity contribution < 1.29 is 33.3 Å². The highest BCUT2D eigenvalue weighted by Gasteiger charge is 2.28. The van der Waals surface area contributed by atoms with Crippen LogP contribution in [-0.2, 0) is 14.3 Å². The molecule has 1 aliphatic heterocycles. The summed E-state index contributed by atoms with van der Waals surface area (Å²) in [4.78, 5) is 38.3. The highest BCUT2D eigenvalue weighted by atomic mass is 16.5. The van der Waals surface area contributed by atoms with Gasteiger partial charge in [0.1, 0.15) is 12.1 Å². The Bertz CT molecular complexity index is 958. The highest BCUT2D eigenvalue weighted by Crippen LogP contribution is 2.40. The van der Waals surface area contributed by atoms with Crippen molar-refractivity contribution in [1.82, 2.24) is 0 Å². The van der Waals surface area contributed by atoms with Crippen LogP contribution < -0.4 is 24.4 Å². The van der Waals surface area contributed by atoms with Gasteiger partial charge in [-0.05, 0) is 24.3 Å². The lowest BCUT2D eigenvalue weighted by atomic mass is 10.1. The van der Waals surface area contributed by atoms with Gasteiger partial charge in [-0.1, -0.05) is 12.1 Å². The lowest BCUT2D eigenvalue weighted by Gasteiger charge is -2.28. The summed E-state index contributed by atoms with van der Waals surface area (Å²) in [7, 11) is 4.25. The second-order valence-electron chi connectivity index (χ2n) is 6.00. The van der Waals surface area contributed by atoms with Gasteiger partial charge in [-0.2, -0.15) is 0 Å². The SMILES string of the molecule is COc1ccc(C(=O)OCC(=O)N2CC(=O)Nc3ccccc32)c(OC)c1OC. The summed E-state index contributed by atoms with van der Waals surface area (Å²) in [5.41, 5.74) is 1.14. The number of carbonyl (C=O) groups is 3. The summed E-state index contributed by atoms with van der Waals surface area (Å²) in [5, 5.41) is 2.69. The fourth-order valence-electron chi connectivity index (χ4n) is 3.00. The van der Waals surface area contributed by atoms with Crippen molar-refractivity contribution in [3.8, 4) is 17.2 Å². The summed E-state index contributed by atoms with van der Waals surface area (Å²) in [6.45, 7) is -0.703. The number of anilines is 2. The zero-order valence-corrected chi connectivity index (χ0v) is 16.2. The van der Waals surface area contributed by atoms with Gasteiger partial charge in [0, 0.05) is 0 Å². The fourth-order valence-corrected chi connectivity index (χ4v) is 3.00. The van der Waals surface area contributed by atoms with E-state index in [9.17, 15) is 14.4 Å². The molecular formula is C20H20N2O7. The van der Waals surface area contributed by atoms with Crippen LogP contribution in [0.25, 0.3) is 0 Å². The monoisotopic (exact) mass is 400 g/mol. The molecule has 0 atom stereocenters. The van der Waals surface area contributed by atoms with E-state index in [2.05, 4.69) is 5.32 Å². The van der Waals surface area contributed by atoms with Crippen molar-refractivity contribution in [2.24, 2.45) is 0 Å². The Balaban J connectivity index is 1.76. The number of hydrogen-bond acceptors (Lipinski definition) is 7. The number of methoxy groups -OCH3 is 3. The van der Waals surface area contributed by atoms with Gasteiger partial charge in [0.05, 0.1) is 32.7 Å². The fraction of sp³-hybridized carbons (Fsp3) is 0.250. The molecular weight excluding hydrogens is 380 g/mol. The van der Waals surface area contributed by atoms with Crippen LogP contribution in [0.5, 0.6) is 17.2 Å². The molecule has 0 fully saturated rings. The highest BCUT2D eigenvalue weighted by molar-refractivity contribution is 6.10. The predicted octanol–water partition coefficient (Wildman–Crippen LogP) is 1.85. The van der Waals surface area contributed by atoms with Crippen LogP contribution >= 0.6 is 0 Å². The smallest absolute Gasteiger partial charge is 0.342 e. The second kappa shape index (κ2) is 8.51. The molecule has 0 bridgehead atoms. The quantitative estimate of drug-likeness (QED) is 0.738. The summed E-state index contributed by atoms with van der Waals surface area (Å²) in [5.74, 6) is -0.881. The Morgan fingerprint density at radius 2 is 1.72 bits per heavy atom. The number of rotatable bonds is 6. The molecule has 1 aliphatic rings. The Kier molecular flexibility index (Phi) is 5.87. The first-order chi connectivity index (χ1) is 14.0. The van der Waals surface area contributed by atoms with Crippen molar-refractivity contribution in [3.05, 3.63) is 42.0 Å². The molecule has 1 heterocycles. The number of fused-ring (bicyclic) bond motifs is 1. The van der Waals surface area contributed by atoms with Crippen LogP contribution in [0.3, 0.4) is 0 Å². The Morgan fingerprint density at radius 1 is 1.00 bits per heavy atom. The maximum atomic E-state index is 12.6. The van der Waals surface area contributed by atoms with Gasteiger partial charge in [-0.25, -0.2) is 4.79 Å². The van der Waals surface area contributed by atoms with E-state index in [0.29, 0.717) is 17.1 Å². The van der Waals surface area contributed by atoms with Crippen molar-refractivity contribution in [2.75, 3.05) is 44.7 Å². The van der Waals surface area contributed by atoms with Crippen molar-refractivity contribution >= 4 is 29.2 Å². The summed E-state index contributed by atoms with van der Waals surface area (Å²) in [6.07, 6.45) is 0. The van der Waals surface area contributed by atoms with Gasteiger partial charge in [0.15, 0.2) is 18.1 Å². The third-order valence-corrected chi connectivity index (χ3v) is 4.32. The predicted molar refractivity (Wildman–Crippen MR) is 104 cm³/mol. The maximum Gasteiger partial charge on any atom is 0.342 e. The molecule has 0 saturated heterocycles. The van der Waals surface area contributed by atoms with Crippen molar-refractivity contribution in [3.63, 3.8) is 0 Å². The topological polar surface area (TPSA) is 103 Å². The molecule has 2 aromatic carbocycles. The average molecular weight is 400 g/mol. The molecule has 0 spiro atoms. The molecule has 0 unspecified atom stereocenters. The second-order valence-corrected chi connectivity index (χ2v) is 6.00. The minimum Gasteiger partial charge on any atom is -0.493 e. The van der Waals surface area contributed by atoms with Gasteiger partial charge >= 0.3 is 5.97 Å². The zero-order valence-electron chi connectivity index (χ0n) is 16.2. The van der Waals surface area contributed by atoms with E-state index in [1.54, 1.807) is 24.3 Å². The van der Waals surface area contributed by atoms with E-state index in [1.165, 1.54) is 38.4 Å². The van der Waals surface area contributed by atoms with Gasteiger partial charge in [-0.3, -0.25) is 14.5 Å². The first-order valence-electron chi connectivity index (χ1n) is 8.65. The lowest BCUT2D eigenvalue weighted by molar-refractivity contribution is -0.124. The minimum atomic E-state index is -0.772. The largest absolute Gasteiger partial charge is 0.493 e. The standard InChI is InChI=1S/C20H20N2O7/c1-26-15-9-8-12(18(27-2)19(15)28-3)20(25)29-11-17(24)22-10-16(23)21-13-6-4-5-7-14(13)22/h4-9H,10-11H2,1-3H3,(H,21,23). The number of para-hydroxylation sites is 2. The molecule has 2 aromatic rings. The Morgan fingerprint density at radius 3 is 2.41 bits per heavy atom. The number of hydrogen-bond donors (Lipinski definition) is 1. The molecule has 1 N–H and O–H groups in total. The van der Waals surface area contributed by atoms with Gasteiger partial charge < -0.3 is 24.3 Å². The van der Waals surface area contributed by atoms with Gasteiger partial charge in [0.25, 0.3) is 5.91 Å². The Labute approximate surface area is 167 Å². The lowest BCUT2D eigenvalue weighted by Crippen LogP contribution is -2.44. The molecule has 152 valence electrons. The number of benzene rings is 2. The molecule has 0 radical (unpaired) electrons. The first-order valence-corrected chi connectivity index (χ1v) is 8.65. The van der Waals surface area contributed by atoms with E-state index in [1.807, 2.05) is 0 Å². The molecule has 3 rings (SSSR count). The van der Waals surface area contributed by atoms with Crippen LogP contribution in [0.1, 0.15) is 10.4 Å². The normalized spacial score (nSPS) is 12.5. The molecule has 29 heavy (non-hydrogen) atoms. The minimum absolute atomic E-state index is 0.0785. The van der Waals surface area contributed by atoms with E-state index < -0.39 is 18.5 Å². The van der Waals surface area contributed by atoms with Crippen LogP contribution in [-0.4, -0.2) is 52.3 Å². The molecule has 0 aromatic heterocycles. The van der Waals surface area contributed by atoms with Gasteiger partial charge in [0.2, 0.25) is 11.7 Å². The molecule has 9 heteroatoms. The molecule has 9 nitrogen and oxygen atoms in total. The van der Waals surface area contributed by atoms with Crippen LogP contribution in [0.4, 0.5) is 11.4 Å². The number of esters is 1. The number of amides is 2. The van der Waals surface area contributed by atoms with E-state index >= 15 is 0 Å². The first kappa shape index (κ1) is 20.0. The summed E-state index contributed by atoms with van der Waals surface area (Å²) in [6, 6.07) is 9.87. The number of nitrogens with one attached hydrogen (secondary N) is 1. The van der Waals surface area contributed by atoms with Crippen LogP contribution in [0.15, 0.2) is 36.4 Å². The van der Waals surface area contributed by atoms with E-state index in [4.69, 9.17) is 18.9 Å². The maximum absolute atomic E-state index is 12.6. The number of ether oxygens (including phenoxy) is 4. The van der Waals surface area contributed by atoms with E-state index in [-0.39, 0.29) is 29.5 Å². The van der Waals surface area contributed by atoms with Crippen molar-refractivity contribution in [1.29, 1.82) is 0 Å². The van der Waals surface area contributed by atoms with Crippen molar-refractivity contribution in [2.45, 2.75) is 0 Å². The zero-order chi connectivity index (χ0) is 21.0. The average Bonchev–Trinajstić information content (AvgIpc) is 2.75.